The van der Waals surface area contributed by atoms with Crippen molar-refractivity contribution < 1.29 is 4.79 Å². The van der Waals surface area contributed by atoms with Crippen LogP contribution in [0.3, 0.4) is 0 Å². The third kappa shape index (κ3) is 3.76. The van der Waals surface area contributed by atoms with Gasteiger partial charge in [0, 0.05) is 30.4 Å². The van der Waals surface area contributed by atoms with Gasteiger partial charge in [0.15, 0.2) is 5.82 Å². The zero-order chi connectivity index (χ0) is 19.5. The molecule has 1 aliphatic heterocycles. The molecule has 1 fully saturated rings. The Bertz CT molecular complexity index is 967. The van der Waals surface area contributed by atoms with Gasteiger partial charge >= 0.3 is 0 Å². The monoisotopic (exact) mass is 375 g/mol. The van der Waals surface area contributed by atoms with Crippen LogP contribution < -0.4 is 5.32 Å². The van der Waals surface area contributed by atoms with Crippen molar-refractivity contribution in [3.63, 3.8) is 0 Å². The highest BCUT2D eigenvalue weighted by atomic mass is 16.2. The van der Waals surface area contributed by atoms with Gasteiger partial charge in [0.1, 0.15) is 6.33 Å². The van der Waals surface area contributed by atoms with Gasteiger partial charge < -0.3 is 10.2 Å². The van der Waals surface area contributed by atoms with E-state index in [1.807, 2.05) is 29.2 Å². The molecule has 144 valence electrons. The second-order valence-corrected chi connectivity index (χ2v) is 7.41. The number of piperidine rings is 1. The van der Waals surface area contributed by atoms with Gasteiger partial charge in [0.05, 0.1) is 5.56 Å². The third-order valence-corrected chi connectivity index (χ3v) is 5.41. The lowest BCUT2D eigenvalue weighted by Crippen LogP contribution is -2.45. The summed E-state index contributed by atoms with van der Waals surface area (Å²) >= 11 is 0. The molecule has 2 N–H and O–H groups in total. The fraction of sp³-hybridized carbons (Fsp3) is 0.318. The van der Waals surface area contributed by atoms with Gasteiger partial charge in [-0.3, -0.25) is 9.89 Å². The molecule has 6 heteroatoms. The van der Waals surface area contributed by atoms with Crippen LogP contribution in [-0.4, -0.2) is 45.1 Å². The minimum Gasteiger partial charge on any atom is -0.381 e. The summed E-state index contributed by atoms with van der Waals surface area (Å²) in [4.78, 5) is 19.4. The summed E-state index contributed by atoms with van der Waals surface area (Å²) in [5.74, 6) is 0.657. The lowest BCUT2D eigenvalue weighted by Gasteiger charge is -2.34. The Morgan fingerprint density at radius 1 is 1.18 bits per heavy atom. The summed E-state index contributed by atoms with van der Waals surface area (Å²) in [6.45, 7) is 5.70. The third-order valence-electron chi connectivity index (χ3n) is 5.41. The molecule has 0 spiro atoms. The van der Waals surface area contributed by atoms with E-state index in [4.69, 9.17) is 0 Å². The van der Waals surface area contributed by atoms with E-state index < -0.39 is 0 Å². The molecule has 1 atom stereocenters. The van der Waals surface area contributed by atoms with Crippen molar-refractivity contribution in [1.29, 1.82) is 0 Å². The van der Waals surface area contributed by atoms with Gasteiger partial charge in [0.2, 0.25) is 0 Å². The Labute approximate surface area is 165 Å². The maximum atomic E-state index is 13.2. The van der Waals surface area contributed by atoms with Gasteiger partial charge in [-0.05, 0) is 56.0 Å². The van der Waals surface area contributed by atoms with E-state index in [-0.39, 0.29) is 11.9 Å². The first kappa shape index (κ1) is 18.2. The summed E-state index contributed by atoms with van der Waals surface area (Å²) < 4.78 is 0. The Morgan fingerprint density at radius 2 is 2.04 bits per heavy atom. The topological polar surface area (TPSA) is 73.9 Å². The lowest BCUT2D eigenvalue weighted by molar-refractivity contribution is 0.0715. The lowest BCUT2D eigenvalue weighted by atomic mass is 10.0. The minimum absolute atomic E-state index is 0.0404. The number of rotatable bonds is 4. The number of hydrogen-bond donors (Lipinski definition) is 2. The fourth-order valence-corrected chi connectivity index (χ4v) is 3.73. The molecule has 1 aliphatic rings. The summed E-state index contributed by atoms with van der Waals surface area (Å²) in [5, 5.41) is 10.4. The number of aromatic amines is 1. The normalized spacial score (nSPS) is 16.8. The SMILES string of the molecule is Cc1ccc(N[C@H]2CCCN(C(=O)c3ccccc3-c3ncn[nH]3)C2)cc1C. The quantitative estimate of drug-likeness (QED) is 0.727. The van der Waals surface area contributed by atoms with E-state index in [2.05, 4.69) is 52.5 Å². The molecule has 2 heterocycles. The predicted molar refractivity (Wildman–Crippen MR) is 110 cm³/mol. The van der Waals surface area contributed by atoms with Crippen LogP contribution in [0.2, 0.25) is 0 Å². The Balaban J connectivity index is 1.50. The average molecular weight is 375 g/mol. The van der Waals surface area contributed by atoms with Gasteiger partial charge in [-0.25, -0.2) is 4.98 Å². The summed E-state index contributed by atoms with van der Waals surface area (Å²) in [5.41, 5.74) is 5.12. The summed E-state index contributed by atoms with van der Waals surface area (Å²) in [7, 11) is 0. The van der Waals surface area contributed by atoms with Crippen molar-refractivity contribution in [3.05, 3.63) is 65.5 Å². The second-order valence-electron chi connectivity index (χ2n) is 7.41. The number of nitrogens with one attached hydrogen (secondary N) is 2. The van der Waals surface area contributed by atoms with Gasteiger partial charge in [-0.1, -0.05) is 24.3 Å². The van der Waals surface area contributed by atoms with E-state index in [0.29, 0.717) is 17.9 Å². The van der Waals surface area contributed by atoms with Crippen LogP contribution in [-0.2, 0) is 0 Å². The average Bonchev–Trinajstić information content (AvgIpc) is 3.25. The van der Waals surface area contributed by atoms with Crippen molar-refractivity contribution in [2.24, 2.45) is 0 Å². The number of nitrogens with zero attached hydrogens (tertiary/aromatic N) is 3. The van der Waals surface area contributed by atoms with Crippen LogP contribution in [0.4, 0.5) is 5.69 Å². The van der Waals surface area contributed by atoms with Crippen LogP contribution in [0.15, 0.2) is 48.8 Å². The van der Waals surface area contributed by atoms with E-state index >= 15 is 0 Å². The van der Waals surface area contributed by atoms with E-state index in [0.717, 1.165) is 30.6 Å². The van der Waals surface area contributed by atoms with E-state index in [9.17, 15) is 4.79 Å². The molecule has 1 amide bonds. The highest BCUT2D eigenvalue weighted by Gasteiger charge is 2.26. The number of carbonyl (C=O) groups is 1. The number of H-pyrrole nitrogens is 1. The van der Waals surface area contributed by atoms with Crippen LogP contribution in [0.25, 0.3) is 11.4 Å². The van der Waals surface area contributed by atoms with E-state index in [1.165, 1.54) is 17.5 Å². The number of amides is 1. The van der Waals surface area contributed by atoms with Crippen molar-refractivity contribution in [1.82, 2.24) is 20.1 Å². The fourth-order valence-electron chi connectivity index (χ4n) is 3.73. The zero-order valence-electron chi connectivity index (χ0n) is 16.3. The van der Waals surface area contributed by atoms with Crippen molar-refractivity contribution in [3.8, 4) is 11.4 Å². The smallest absolute Gasteiger partial charge is 0.254 e. The molecule has 3 aromatic rings. The number of carbonyl (C=O) groups excluding carboxylic acids is 1. The molecule has 6 nitrogen and oxygen atoms in total. The van der Waals surface area contributed by atoms with Crippen LogP contribution >= 0.6 is 0 Å². The van der Waals surface area contributed by atoms with Crippen molar-refractivity contribution >= 4 is 11.6 Å². The molecule has 2 aromatic carbocycles. The first-order valence-electron chi connectivity index (χ1n) is 9.69. The number of likely N-dealkylation sites (tertiary alicyclic amines) is 1. The first-order chi connectivity index (χ1) is 13.6. The summed E-state index contributed by atoms with van der Waals surface area (Å²) in [6, 6.07) is 14.2. The Morgan fingerprint density at radius 3 is 2.82 bits per heavy atom. The van der Waals surface area contributed by atoms with Crippen molar-refractivity contribution in [2.45, 2.75) is 32.7 Å². The van der Waals surface area contributed by atoms with Crippen LogP contribution in [0.5, 0.6) is 0 Å². The van der Waals surface area contributed by atoms with Gasteiger partial charge in [-0.2, -0.15) is 5.10 Å². The molecule has 4 rings (SSSR count). The Hall–Kier alpha value is -3.15. The van der Waals surface area contributed by atoms with Crippen LogP contribution in [0, 0.1) is 13.8 Å². The zero-order valence-corrected chi connectivity index (χ0v) is 16.3. The molecule has 0 saturated carbocycles. The molecular weight excluding hydrogens is 350 g/mol. The number of benzene rings is 2. The number of hydrogen-bond acceptors (Lipinski definition) is 4. The molecule has 0 unspecified atom stereocenters. The summed E-state index contributed by atoms with van der Waals surface area (Å²) in [6.07, 6.45) is 3.50. The number of aromatic nitrogens is 3. The van der Waals surface area contributed by atoms with Crippen molar-refractivity contribution in [2.75, 3.05) is 18.4 Å². The van der Waals surface area contributed by atoms with Gasteiger partial charge in [-0.15, -0.1) is 0 Å². The predicted octanol–water partition coefficient (Wildman–Crippen LogP) is 3.81. The minimum atomic E-state index is 0.0404. The maximum absolute atomic E-state index is 13.2. The van der Waals surface area contributed by atoms with Crippen LogP contribution in [0.1, 0.15) is 34.3 Å². The molecule has 0 bridgehead atoms. The maximum Gasteiger partial charge on any atom is 0.254 e. The standard InChI is InChI=1S/C22H25N5O/c1-15-9-10-17(12-16(15)2)25-18-6-5-11-27(13-18)22(28)20-8-4-3-7-19(20)21-23-14-24-26-21/h3-4,7-10,12,14,18,25H,5-6,11,13H2,1-2H3,(H,23,24,26)/t18-/m0/s1. The molecule has 0 aliphatic carbocycles. The molecule has 0 radical (unpaired) electrons. The Kier molecular flexibility index (Phi) is 5.10. The molecule has 28 heavy (non-hydrogen) atoms. The van der Waals surface area contributed by atoms with E-state index in [1.54, 1.807) is 0 Å². The van der Waals surface area contributed by atoms with Gasteiger partial charge in [0.25, 0.3) is 5.91 Å². The first-order valence-corrected chi connectivity index (χ1v) is 9.69. The highest BCUT2D eigenvalue weighted by Crippen LogP contribution is 2.24. The number of aryl methyl sites for hydroxylation is 2. The number of anilines is 1. The largest absolute Gasteiger partial charge is 0.381 e. The highest BCUT2D eigenvalue weighted by molar-refractivity contribution is 6.00. The molecule has 1 aromatic heterocycles. The molecular formula is C22H25N5O. The second kappa shape index (κ2) is 7.84. The molecule has 1 saturated heterocycles.